The molecule has 1 atom stereocenters. The van der Waals surface area contributed by atoms with E-state index >= 15 is 0 Å². The minimum atomic E-state index is -0.945. The van der Waals surface area contributed by atoms with E-state index in [1.165, 1.54) is 18.0 Å². The summed E-state index contributed by atoms with van der Waals surface area (Å²) in [5.74, 6) is -2.19. The Balaban J connectivity index is 2.79. The van der Waals surface area contributed by atoms with E-state index in [-0.39, 0.29) is 23.2 Å². The smallest absolute Gasteiger partial charge is 0.308 e. The Kier molecular flexibility index (Phi) is 6.22. The van der Waals surface area contributed by atoms with Gasteiger partial charge in [-0.05, 0) is 12.2 Å². The third-order valence-electron chi connectivity index (χ3n) is 2.72. The first-order valence-electron chi connectivity index (χ1n) is 5.94. The molecule has 8 heteroatoms. The van der Waals surface area contributed by atoms with Gasteiger partial charge in [-0.15, -0.1) is 0 Å². The van der Waals surface area contributed by atoms with Crippen molar-refractivity contribution in [2.24, 2.45) is 11.8 Å². The average Bonchev–Trinajstić information content (AvgIpc) is 2.38. The van der Waals surface area contributed by atoms with E-state index in [9.17, 15) is 9.59 Å². The third-order valence-corrected chi connectivity index (χ3v) is 3.56. The molecule has 1 unspecified atom stereocenters. The van der Waals surface area contributed by atoms with Gasteiger partial charge in [-0.2, -0.15) is 0 Å². The van der Waals surface area contributed by atoms with Crippen molar-refractivity contribution in [3.63, 3.8) is 0 Å². The maximum absolute atomic E-state index is 12.0. The monoisotopic (exact) mass is 317 g/mol. The van der Waals surface area contributed by atoms with Gasteiger partial charge in [0.05, 0.1) is 17.1 Å². The van der Waals surface area contributed by atoms with Crippen LogP contribution in [0.1, 0.15) is 24.3 Å². The number of hydrogen-bond donors (Lipinski definition) is 2. The van der Waals surface area contributed by atoms with Crippen molar-refractivity contribution in [3.05, 3.63) is 16.9 Å². The standard InChI is InChI=1S/C12H16ClN3O3S/c1-6(2)7(11(18)19)4-14-10(17)9-8(13)5-15-12(16-9)20-3/h5-7H,4H2,1-3H3,(H,14,17)(H,18,19). The van der Waals surface area contributed by atoms with Gasteiger partial charge in [-0.3, -0.25) is 9.59 Å². The van der Waals surface area contributed by atoms with Crippen molar-refractivity contribution < 1.29 is 14.7 Å². The second kappa shape index (κ2) is 7.44. The Morgan fingerprint density at radius 3 is 2.65 bits per heavy atom. The van der Waals surface area contributed by atoms with Gasteiger partial charge >= 0.3 is 5.97 Å². The van der Waals surface area contributed by atoms with Crippen molar-refractivity contribution in [2.75, 3.05) is 12.8 Å². The first kappa shape index (κ1) is 16.7. The van der Waals surface area contributed by atoms with Crippen molar-refractivity contribution in [1.29, 1.82) is 0 Å². The molecule has 0 saturated carbocycles. The summed E-state index contributed by atoms with van der Waals surface area (Å²) in [4.78, 5) is 31.0. The second-order valence-corrected chi connectivity index (χ2v) is 5.63. The molecule has 2 N–H and O–H groups in total. The first-order valence-corrected chi connectivity index (χ1v) is 7.54. The van der Waals surface area contributed by atoms with Gasteiger partial charge in [0.25, 0.3) is 5.91 Å². The quantitative estimate of drug-likeness (QED) is 0.615. The van der Waals surface area contributed by atoms with Crippen molar-refractivity contribution >= 4 is 35.2 Å². The zero-order chi connectivity index (χ0) is 15.3. The van der Waals surface area contributed by atoms with Crippen LogP contribution >= 0.6 is 23.4 Å². The molecule has 0 fully saturated rings. The largest absolute Gasteiger partial charge is 0.481 e. The summed E-state index contributed by atoms with van der Waals surface area (Å²) in [6.45, 7) is 3.60. The molecule has 110 valence electrons. The molecule has 20 heavy (non-hydrogen) atoms. The van der Waals surface area contributed by atoms with Crippen molar-refractivity contribution in [3.8, 4) is 0 Å². The molecule has 1 rings (SSSR count). The fraction of sp³-hybridized carbons (Fsp3) is 0.500. The molecule has 1 aromatic rings. The van der Waals surface area contributed by atoms with Crippen LogP contribution in [-0.2, 0) is 4.79 Å². The van der Waals surface area contributed by atoms with Crippen LogP contribution < -0.4 is 5.32 Å². The summed E-state index contributed by atoms with van der Waals surface area (Å²) in [5, 5.41) is 12.2. The molecule has 0 aliphatic carbocycles. The van der Waals surface area contributed by atoms with Gasteiger partial charge in [-0.1, -0.05) is 37.2 Å². The van der Waals surface area contributed by atoms with E-state index < -0.39 is 17.8 Å². The molecule has 0 saturated heterocycles. The molecule has 0 aliphatic heterocycles. The molecule has 6 nitrogen and oxygen atoms in total. The summed E-state index contributed by atoms with van der Waals surface area (Å²) in [7, 11) is 0. The third kappa shape index (κ3) is 4.35. The van der Waals surface area contributed by atoms with Gasteiger partial charge in [-0.25, -0.2) is 9.97 Å². The maximum Gasteiger partial charge on any atom is 0.308 e. The molecule has 0 aromatic carbocycles. The molecule has 1 aromatic heterocycles. The molecule has 0 spiro atoms. The van der Waals surface area contributed by atoms with Gasteiger partial charge in [0, 0.05) is 6.54 Å². The highest BCUT2D eigenvalue weighted by Crippen LogP contribution is 2.17. The van der Waals surface area contributed by atoms with Crippen LogP contribution in [0.4, 0.5) is 0 Å². The number of thioether (sulfide) groups is 1. The number of carbonyl (C=O) groups excluding carboxylic acids is 1. The topological polar surface area (TPSA) is 92.2 Å². The van der Waals surface area contributed by atoms with E-state index in [1.807, 2.05) is 0 Å². The normalized spacial score (nSPS) is 12.2. The Labute approximate surface area is 126 Å². The number of nitrogens with zero attached hydrogens (tertiary/aromatic N) is 2. The highest BCUT2D eigenvalue weighted by atomic mass is 35.5. The summed E-state index contributed by atoms with van der Waals surface area (Å²) in [6.07, 6.45) is 3.14. The lowest BCUT2D eigenvalue weighted by atomic mass is 9.96. The lowest BCUT2D eigenvalue weighted by Gasteiger charge is -2.16. The summed E-state index contributed by atoms with van der Waals surface area (Å²) >= 11 is 7.17. The highest BCUT2D eigenvalue weighted by molar-refractivity contribution is 7.98. The summed E-state index contributed by atoms with van der Waals surface area (Å²) in [5.41, 5.74) is 0.0545. The average molecular weight is 318 g/mol. The SMILES string of the molecule is CSc1ncc(Cl)c(C(=O)NCC(C(=O)O)C(C)C)n1. The molecule has 0 bridgehead atoms. The second-order valence-electron chi connectivity index (χ2n) is 4.45. The number of amides is 1. The number of hydrogen-bond acceptors (Lipinski definition) is 5. The zero-order valence-electron chi connectivity index (χ0n) is 11.4. The van der Waals surface area contributed by atoms with Gasteiger partial charge < -0.3 is 10.4 Å². The van der Waals surface area contributed by atoms with E-state index in [2.05, 4.69) is 15.3 Å². The van der Waals surface area contributed by atoms with Crippen LogP contribution in [0.3, 0.4) is 0 Å². The van der Waals surface area contributed by atoms with Crippen LogP contribution in [0, 0.1) is 11.8 Å². The molecule has 0 aliphatic rings. The molecular formula is C12H16ClN3O3S. The molecule has 1 heterocycles. The Morgan fingerprint density at radius 2 is 2.15 bits per heavy atom. The van der Waals surface area contributed by atoms with Crippen LogP contribution in [0.25, 0.3) is 0 Å². The molecular weight excluding hydrogens is 302 g/mol. The van der Waals surface area contributed by atoms with Crippen LogP contribution in [0.15, 0.2) is 11.4 Å². The Morgan fingerprint density at radius 1 is 1.50 bits per heavy atom. The van der Waals surface area contributed by atoms with Gasteiger partial charge in [0.2, 0.25) is 0 Å². The van der Waals surface area contributed by atoms with E-state index in [4.69, 9.17) is 16.7 Å². The maximum atomic E-state index is 12.0. The Hall–Kier alpha value is -1.34. The lowest BCUT2D eigenvalue weighted by molar-refractivity contribution is -0.142. The van der Waals surface area contributed by atoms with E-state index in [0.717, 1.165) is 0 Å². The van der Waals surface area contributed by atoms with Crippen LogP contribution in [0.2, 0.25) is 5.02 Å². The fourth-order valence-electron chi connectivity index (χ4n) is 1.50. The summed E-state index contributed by atoms with van der Waals surface area (Å²) in [6, 6.07) is 0. The predicted molar refractivity (Wildman–Crippen MR) is 77.1 cm³/mol. The van der Waals surface area contributed by atoms with E-state index in [0.29, 0.717) is 5.16 Å². The number of carboxylic acids is 1. The minimum absolute atomic E-state index is 0.0285. The van der Waals surface area contributed by atoms with E-state index in [1.54, 1.807) is 20.1 Å². The molecule has 0 radical (unpaired) electrons. The van der Waals surface area contributed by atoms with Crippen molar-refractivity contribution in [1.82, 2.24) is 15.3 Å². The van der Waals surface area contributed by atoms with Crippen LogP contribution in [-0.4, -0.2) is 39.8 Å². The number of halogens is 1. The predicted octanol–water partition coefficient (Wildman–Crippen LogP) is 1.94. The first-order chi connectivity index (χ1) is 9.36. The zero-order valence-corrected chi connectivity index (χ0v) is 13.0. The van der Waals surface area contributed by atoms with Gasteiger partial charge in [0.15, 0.2) is 10.9 Å². The number of rotatable bonds is 6. The lowest BCUT2D eigenvalue weighted by Crippen LogP contribution is -2.36. The number of carboxylic acid groups (broad SMARTS) is 1. The Bertz CT molecular complexity index is 511. The minimum Gasteiger partial charge on any atom is -0.481 e. The van der Waals surface area contributed by atoms with Gasteiger partial charge in [0.1, 0.15) is 0 Å². The highest BCUT2D eigenvalue weighted by Gasteiger charge is 2.23. The number of aliphatic carboxylic acids is 1. The molecule has 1 amide bonds. The number of aromatic nitrogens is 2. The fourth-order valence-corrected chi connectivity index (χ4v) is 2.02. The van der Waals surface area contributed by atoms with Crippen molar-refractivity contribution in [2.45, 2.75) is 19.0 Å². The number of carbonyl (C=O) groups is 2. The number of nitrogens with one attached hydrogen (secondary N) is 1. The summed E-state index contributed by atoms with van der Waals surface area (Å²) < 4.78 is 0. The van der Waals surface area contributed by atoms with Crippen LogP contribution in [0.5, 0.6) is 0 Å².